The lowest BCUT2D eigenvalue weighted by Crippen LogP contribution is -2.40. The van der Waals surface area contributed by atoms with Crippen molar-refractivity contribution < 1.29 is 18.7 Å². The van der Waals surface area contributed by atoms with E-state index in [1.807, 2.05) is 31.7 Å². The third kappa shape index (κ3) is 5.54. The summed E-state index contributed by atoms with van der Waals surface area (Å²) in [6.07, 6.45) is 4.53. The molecule has 0 spiro atoms. The summed E-state index contributed by atoms with van der Waals surface area (Å²) in [5.41, 5.74) is 2.32. The van der Waals surface area contributed by atoms with Gasteiger partial charge in [0, 0.05) is 29.8 Å². The lowest BCUT2D eigenvalue weighted by atomic mass is 10.2. The van der Waals surface area contributed by atoms with Crippen LogP contribution in [0, 0.1) is 5.95 Å². The van der Waals surface area contributed by atoms with Gasteiger partial charge < -0.3 is 20.3 Å². The van der Waals surface area contributed by atoms with E-state index in [1.165, 1.54) is 18.3 Å². The molecule has 40 heavy (non-hydrogen) atoms. The summed E-state index contributed by atoms with van der Waals surface area (Å²) < 4.78 is 18.8. The molecule has 3 aromatic heterocycles. The molecule has 13 heteroatoms. The van der Waals surface area contributed by atoms with Crippen molar-refractivity contribution in [3.8, 4) is 0 Å². The van der Waals surface area contributed by atoms with Crippen LogP contribution in [0.25, 0.3) is 0 Å². The van der Waals surface area contributed by atoms with Crippen LogP contribution in [-0.2, 0) is 22.6 Å². The minimum absolute atomic E-state index is 0.249. The Morgan fingerprint density at radius 1 is 1.15 bits per heavy atom. The van der Waals surface area contributed by atoms with Crippen LogP contribution in [0.5, 0.6) is 0 Å². The van der Waals surface area contributed by atoms with Crippen molar-refractivity contribution in [1.82, 2.24) is 30.0 Å². The quantitative estimate of drug-likeness (QED) is 0.386. The normalized spacial score (nSPS) is 18.6. The Kier molecular flexibility index (Phi) is 6.51. The van der Waals surface area contributed by atoms with Gasteiger partial charge in [0.15, 0.2) is 5.82 Å². The number of carbonyl (C=O) groups is 2. The topological polar surface area (TPSA) is 141 Å². The Morgan fingerprint density at radius 2 is 1.98 bits per heavy atom. The van der Waals surface area contributed by atoms with Crippen LogP contribution < -0.4 is 15.5 Å². The Labute approximate surface area is 230 Å². The first-order valence-corrected chi connectivity index (χ1v) is 13.5. The number of aromatic nitrogens is 5. The SMILES string of the molecule is CC(C)(C)OC(=O)N1Cc2nc(N3CCCC3C(=O)Nc3ccc(F)nc3)nc(Nc3cc(C4CC4)[nH]n3)c2C1. The maximum absolute atomic E-state index is 13.2. The number of carbonyl (C=O) groups excluding carboxylic acids is 2. The first-order valence-electron chi connectivity index (χ1n) is 13.5. The third-order valence-corrected chi connectivity index (χ3v) is 7.09. The van der Waals surface area contributed by atoms with Crippen LogP contribution in [0.3, 0.4) is 0 Å². The molecule has 5 heterocycles. The average Bonchev–Trinajstić information content (AvgIpc) is 3.28. The van der Waals surface area contributed by atoms with Crippen molar-refractivity contribution in [2.75, 3.05) is 22.1 Å². The predicted octanol–water partition coefficient (Wildman–Crippen LogP) is 4.21. The summed E-state index contributed by atoms with van der Waals surface area (Å²) >= 11 is 0. The molecule has 1 saturated carbocycles. The highest BCUT2D eigenvalue weighted by Gasteiger charge is 2.36. The largest absolute Gasteiger partial charge is 0.444 e. The number of nitrogens with one attached hydrogen (secondary N) is 3. The maximum Gasteiger partial charge on any atom is 0.410 e. The molecule has 3 N–H and O–H groups in total. The molecule has 6 rings (SSSR count). The molecule has 0 aromatic carbocycles. The summed E-state index contributed by atoms with van der Waals surface area (Å²) in [4.78, 5) is 42.8. The Morgan fingerprint density at radius 3 is 2.70 bits per heavy atom. The zero-order valence-electron chi connectivity index (χ0n) is 22.7. The Balaban J connectivity index is 1.28. The number of nitrogens with zero attached hydrogens (tertiary/aromatic N) is 6. The number of amides is 2. The molecule has 12 nitrogen and oxygen atoms in total. The number of hydrogen-bond acceptors (Lipinski definition) is 9. The molecule has 2 fully saturated rings. The number of ether oxygens (including phenoxy) is 1. The monoisotopic (exact) mass is 549 g/mol. The summed E-state index contributed by atoms with van der Waals surface area (Å²) in [6.45, 7) is 6.61. The van der Waals surface area contributed by atoms with E-state index in [2.05, 4.69) is 25.8 Å². The number of anilines is 4. The highest BCUT2D eigenvalue weighted by molar-refractivity contribution is 5.97. The van der Waals surface area contributed by atoms with Crippen molar-refractivity contribution >= 4 is 35.3 Å². The van der Waals surface area contributed by atoms with Gasteiger partial charge in [0.05, 0.1) is 30.7 Å². The van der Waals surface area contributed by atoms with E-state index in [1.54, 1.807) is 4.90 Å². The van der Waals surface area contributed by atoms with Gasteiger partial charge in [0.25, 0.3) is 0 Å². The first-order chi connectivity index (χ1) is 19.1. The highest BCUT2D eigenvalue weighted by Crippen LogP contribution is 2.40. The number of hydrogen-bond donors (Lipinski definition) is 3. The molecular formula is C27H32FN9O3. The van der Waals surface area contributed by atoms with Crippen LogP contribution in [0.1, 0.15) is 69.3 Å². The Hall–Kier alpha value is -4.29. The Bertz CT molecular complexity index is 1430. The van der Waals surface area contributed by atoms with Gasteiger partial charge in [-0.2, -0.15) is 14.5 Å². The zero-order valence-corrected chi connectivity index (χ0v) is 22.7. The van der Waals surface area contributed by atoms with E-state index in [4.69, 9.17) is 14.7 Å². The lowest BCUT2D eigenvalue weighted by Gasteiger charge is -2.25. The van der Waals surface area contributed by atoms with Crippen molar-refractivity contribution in [3.05, 3.63) is 47.3 Å². The van der Waals surface area contributed by atoms with Gasteiger partial charge in [-0.15, -0.1) is 0 Å². The van der Waals surface area contributed by atoms with Gasteiger partial charge in [-0.3, -0.25) is 14.8 Å². The predicted molar refractivity (Wildman–Crippen MR) is 145 cm³/mol. The number of aromatic amines is 1. The molecule has 1 atom stereocenters. The second-order valence-electron chi connectivity index (χ2n) is 11.5. The minimum atomic E-state index is -0.631. The molecule has 2 aliphatic heterocycles. The third-order valence-electron chi connectivity index (χ3n) is 7.09. The molecule has 1 saturated heterocycles. The molecule has 210 valence electrons. The molecular weight excluding hydrogens is 517 g/mol. The van der Waals surface area contributed by atoms with Crippen LogP contribution >= 0.6 is 0 Å². The number of pyridine rings is 1. The molecule has 3 aliphatic rings. The smallest absolute Gasteiger partial charge is 0.410 e. The van der Waals surface area contributed by atoms with Gasteiger partial charge in [-0.1, -0.05) is 0 Å². The van der Waals surface area contributed by atoms with E-state index in [-0.39, 0.29) is 19.0 Å². The first kappa shape index (κ1) is 26.0. The lowest BCUT2D eigenvalue weighted by molar-refractivity contribution is -0.117. The molecule has 3 aromatic rings. The maximum atomic E-state index is 13.2. The molecule has 1 aliphatic carbocycles. The van der Waals surface area contributed by atoms with Crippen molar-refractivity contribution in [1.29, 1.82) is 0 Å². The second kappa shape index (κ2) is 10.0. The summed E-state index contributed by atoms with van der Waals surface area (Å²) in [5, 5.41) is 13.6. The molecule has 2 amide bonds. The fourth-order valence-corrected chi connectivity index (χ4v) is 5.01. The van der Waals surface area contributed by atoms with Gasteiger partial charge in [0.2, 0.25) is 17.8 Å². The van der Waals surface area contributed by atoms with Crippen LogP contribution in [-0.4, -0.2) is 60.2 Å². The summed E-state index contributed by atoms with van der Waals surface area (Å²) in [7, 11) is 0. The number of H-pyrrole nitrogens is 1. The van der Waals surface area contributed by atoms with Gasteiger partial charge in [0.1, 0.15) is 17.5 Å². The van der Waals surface area contributed by atoms with Crippen LogP contribution in [0.2, 0.25) is 0 Å². The second-order valence-corrected chi connectivity index (χ2v) is 11.5. The number of rotatable bonds is 6. The van der Waals surface area contributed by atoms with Gasteiger partial charge in [-0.25, -0.2) is 14.8 Å². The number of halogens is 1. The fraction of sp³-hybridized carbons (Fsp3) is 0.481. The minimum Gasteiger partial charge on any atom is -0.444 e. The van der Waals surface area contributed by atoms with E-state index in [0.717, 1.165) is 30.5 Å². The van der Waals surface area contributed by atoms with E-state index >= 15 is 0 Å². The van der Waals surface area contributed by atoms with Crippen molar-refractivity contribution in [3.63, 3.8) is 0 Å². The summed E-state index contributed by atoms with van der Waals surface area (Å²) in [6, 6.07) is 4.13. The van der Waals surface area contributed by atoms with E-state index in [0.29, 0.717) is 47.8 Å². The average molecular weight is 550 g/mol. The zero-order chi connectivity index (χ0) is 28.0. The molecule has 1 unspecified atom stereocenters. The molecule has 0 bridgehead atoms. The number of fused-ring (bicyclic) bond motifs is 1. The van der Waals surface area contributed by atoms with Crippen molar-refractivity contribution in [2.45, 2.75) is 77.1 Å². The van der Waals surface area contributed by atoms with Gasteiger partial charge >= 0.3 is 6.09 Å². The van der Waals surface area contributed by atoms with Gasteiger partial charge in [-0.05, 0) is 58.6 Å². The summed E-state index contributed by atoms with van der Waals surface area (Å²) in [5.74, 6) is 1.20. The van der Waals surface area contributed by atoms with Crippen LogP contribution in [0.4, 0.5) is 32.5 Å². The van der Waals surface area contributed by atoms with Crippen molar-refractivity contribution in [2.24, 2.45) is 0 Å². The van der Waals surface area contributed by atoms with E-state index in [9.17, 15) is 14.0 Å². The highest BCUT2D eigenvalue weighted by atomic mass is 19.1. The van der Waals surface area contributed by atoms with Crippen LogP contribution in [0.15, 0.2) is 24.4 Å². The fourth-order valence-electron chi connectivity index (χ4n) is 5.01. The van der Waals surface area contributed by atoms with E-state index < -0.39 is 23.7 Å². The molecule has 0 radical (unpaired) electrons. The standard InChI is InChI=1S/C27H32FN9O3/c1-27(2,3)40-26(39)36-13-17-19(14-36)31-25(33-23(17)32-22-11-18(34-35-22)15-6-7-15)37-10-4-5-20(37)24(38)30-16-8-9-21(28)29-12-16/h8-9,11-12,15,20H,4-7,10,13-14H2,1-3H3,(H,30,38)(H2,31,32,33,34,35).